The van der Waals surface area contributed by atoms with E-state index in [2.05, 4.69) is 4.98 Å². The summed E-state index contributed by atoms with van der Waals surface area (Å²) in [7, 11) is 0. The molecule has 82 valence electrons. The number of rotatable bonds is 4. The van der Waals surface area contributed by atoms with Crippen LogP contribution in [0.5, 0.6) is 0 Å². The molecule has 1 heterocycles. The quantitative estimate of drug-likeness (QED) is 0.821. The Kier molecular flexibility index (Phi) is 3.66. The van der Waals surface area contributed by atoms with Crippen LogP contribution in [0.3, 0.4) is 0 Å². The Morgan fingerprint density at radius 3 is 2.87 bits per heavy atom. The second-order valence-corrected chi connectivity index (χ2v) is 4.04. The van der Waals surface area contributed by atoms with Crippen molar-refractivity contribution < 1.29 is 9.53 Å². The van der Waals surface area contributed by atoms with Gasteiger partial charge in [0.1, 0.15) is 5.60 Å². The molecule has 4 heteroatoms. The van der Waals surface area contributed by atoms with Gasteiger partial charge in [-0.15, -0.1) is 0 Å². The van der Waals surface area contributed by atoms with Gasteiger partial charge in [0.25, 0.3) is 0 Å². The largest absolute Gasteiger partial charge is 0.444 e. The number of carbonyl (C=O) groups excluding carboxylic acids is 1. The van der Waals surface area contributed by atoms with Gasteiger partial charge in [-0.1, -0.05) is 6.07 Å². The van der Waals surface area contributed by atoms with E-state index in [1.165, 1.54) is 0 Å². The smallest absolute Gasteiger partial charge is 0.405 e. The van der Waals surface area contributed by atoms with Crippen LogP contribution in [0.4, 0.5) is 4.79 Å². The van der Waals surface area contributed by atoms with Crippen LogP contribution in [0.2, 0.25) is 0 Å². The Balaban J connectivity index is 2.46. The summed E-state index contributed by atoms with van der Waals surface area (Å²) in [5.74, 6) is 0. The number of hydrogen-bond acceptors (Lipinski definition) is 3. The Hall–Kier alpha value is -1.58. The molecule has 1 aromatic heterocycles. The van der Waals surface area contributed by atoms with Gasteiger partial charge in [0.2, 0.25) is 0 Å². The molecular weight excluding hydrogens is 192 g/mol. The molecule has 0 saturated carbocycles. The molecule has 1 aromatic rings. The highest BCUT2D eigenvalue weighted by atomic mass is 16.6. The number of carbonyl (C=O) groups is 1. The van der Waals surface area contributed by atoms with Crippen molar-refractivity contribution in [3.63, 3.8) is 0 Å². The molecule has 4 nitrogen and oxygen atoms in total. The first kappa shape index (κ1) is 11.5. The molecular formula is C11H16N2O2. The van der Waals surface area contributed by atoms with Crippen LogP contribution >= 0.6 is 0 Å². The van der Waals surface area contributed by atoms with E-state index in [1.54, 1.807) is 12.4 Å². The van der Waals surface area contributed by atoms with Crippen molar-refractivity contribution in [2.24, 2.45) is 5.73 Å². The number of hydrogen-bond donors (Lipinski definition) is 1. The SMILES string of the molecule is CC(C)(CCc1cccnc1)OC(N)=O. The number of aryl methyl sites for hydroxylation is 1. The van der Waals surface area contributed by atoms with Crippen LogP contribution in [0.1, 0.15) is 25.8 Å². The van der Waals surface area contributed by atoms with Crippen LogP contribution in [0.25, 0.3) is 0 Å². The van der Waals surface area contributed by atoms with Gasteiger partial charge in [-0.25, -0.2) is 4.79 Å². The minimum absolute atomic E-state index is 0.526. The maximum atomic E-state index is 10.6. The van der Waals surface area contributed by atoms with Crippen LogP contribution in [0.15, 0.2) is 24.5 Å². The Labute approximate surface area is 89.5 Å². The molecule has 0 unspecified atom stereocenters. The Morgan fingerprint density at radius 1 is 1.60 bits per heavy atom. The minimum Gasteiger partial charge on any atom is -0.444 e. The molecule has 1 rings (SSSR count). The highest BCUT2D eigenvalue weighted by Gasteiger charge is 2.21. The number of nitrogens with zero attached hydrogens (tertiary/aromatic N) is 1. The van der Waals surface area contributed by atoms with Crippen molar-refractivity contribution in [2.45, 2.75) is 32.3 Å². The normalized spacial score (nSPS) is 11.1. The third-order valence-electron chi connectivity index (χ3n) is 2.12. The number of amides is 1. The highest BCUT2D eigenvalue weighted by molar-refractivity contribution is 5.65. The zero-order valence-electron chi connectivity index (χ0n) is 9.06. The molecule has 0 atom stereocenters. The van der Waals surface area contributed by atoms with Gasteiger partial charge < -0.3 is 10.5 Å². The van der Waals surface area contributed by atoms with E-state index in [1.807, 2.05) is 26.0 Å². The number of nitrogens with two attached hydrogens (primary N) is 1. The standard InChI is InChI=1S/C11H16N2O2/c1-11(2,15-10(12)14)6-5-9-4-3-7-13-8-9/h3-4,7-8H,5-6H2,1-2H3,(H2,12,14). The molecule has 0 radical (unpaired) electrons. The van der Waals surface area contributed by atoms with E-state index in [0.29, 0.717) is 0 Å². The predicted molar refractivity (Wildman–Crippen MR) is 57.3 cm³/mol. The van der Waals surface area contributed by atoms with Gasteiger partial charge in [-0.2, -0.15) is 0 Å². The topological polar surface area (TPSA) is 65.2 Å². The van der Waals surface area contributed by atoms with Crippen LogP contribution < -0.4 is 5.73 Å². The fourth-order valence-electron chi connectivity index (χ4n) is 1.31. The zero-order valence-corrected chi connectivity index (χ0v) is 9.06. The molecule has 0 aliphatic carbocycles. The van der Waals surface area contributed by atoms with E-state index in [9.17, 15) is 4.79 Å². The fraction of sp³-hybridized carbons (Fsp3) is 0.455. The molecule has 0 bridgehead atoms. The van der Waals surface area contributed by atoms with Crippen molar-refractivity contribution in [1.82, 2.24) is 4.98 Å². The van der Waals surface area contributed by atoms with E-state index in [0.717, 1.165) is 18.4 Å². The summed E-state index contributed by atoms with van der Waals surface area (Å²) < 4.78 is 4.98. The summed E-state index contributed by atoms with van der Waals surface area (Å²) in [6.45, 7) is 3.68. The predicted octanol–water partition coefficient (Wildman–Crippen LogP) is 1.89. The van der Waals surface area contributed by atoms with Crippen LogP contribution in [-0.2, 0) is 11.2 Å². The van der Waals surface area contributed by atoms with Crippen molar-refractivity contribution in [3.8, 4) is 0 Å². The molecule has 0 aromatic carbocycles. The second kappa shape index (κ2) is 4.77. The molecule has 1 amide bonds. The zero-order chi connectivity index (χ0) is 11.3. The molecule has 2 N–H and O–H groups in total. The summed E-state index contributed by atoms with van der Waals surface area (Å²) in [4.78, 5) is 14.6. The van der Waals surface area contributed by atoms with E-state index in [-0.39, 0.29) is 0 Å². The van der Waals surface area contributed by atoms with Gasteiger partial charge in [0, 0.05) is 12.4 Å². The lowest BCUT2D eigenvalue weighted by Crippen LogP contribution is -2.31. The molecule has 15 heavy (non-hydrogen) atoms. The lowest BCUT2D eigenvalue weighted by atomic mass is 9.99. The van der Waals surface area contributed by atoms with Gasteiger partial charge in [-0.3, -0.25) is 4.98 Å². The van der Waals surface area contributed by atoms with Gasteiger partial charge in [-0.05, 0) is 38.3 Å². The summed E-state index contributed by atoms with van der Waals surface area (Å²) in [5.41, 5.74) is 5.57. The van der Waals surface area contributed by atoms with Crippen molar-refractivity contribution in [2.75, 3.05) is 0 Å². The lowest BCUT2D eigenvalue weighted by molar-refractivity contribution is 0.0394. The first-order chi connectivity index (χ1) is 6.99. The minimum atomic E-state index is -0.730. The molecule has 0 fully saturated rings. The van der Waals surface area contributed by atoms with Crippen LogP contribution in [0, 0.1) is 0 Å². The second-order valence-electron chi connectivity index (χ2n) is 4.04. The maximum absolute atomic E-state index is 10.6. The molecule has 0 aliphatic heterocycles. The van der Waals surface area contributed by atoms with E-state index < -0.39 is 11.7 Å². The van der Waals surface area contributed by atoms with E-state index >= 15 is 0 Å². The van der Waals surface area contributed by atoms with Gasteiger partial charge in [0.15, 0.2) is 0 Å². The third kappa shape index (κ3) is 4.44. The fourth-order valence-corrected chi connectivity index (χ4v) is 1.31. The third-order valence-corrected chi connectivity index (χ3v) is 2.12. The van der Waals surface area contributed by atoms with Crippen LogP contribution in [-0.4, -0.2) is 16.7 Å². The average molecular weight is 208 g/mol. The Bertz CT molecular complexity index is 323. The first-order valence-electron chi connectivity index (χ1n) is 4.87. The highest BCUT2D eigenvalue weighted by Crippen LogP contribution is 2.17. The monoisotopic (exact) mass is 208 g/mol. The first-order valence-corrected chi connectivity index (χ1v) is 4.87. The number of pyridine rings is 1. The summed E-state index contributed by atoms with van der Waals surface area (Å²) in [6.07, 6.45) is 4.34. The van der Waals surface area contributed by atoms with Gasteiger partial charge in [0.05, 0.1) is 0 Å². The summed E-state index contributed by atoms with van der Waals surface area (Å²) >= 11 is 0. The summed E-state index contributed by atoms with van der Waals surface area (Å²) in [5, 5.41) is 0. The molecule has 0 saturated heterocycles. The number of ether oxygens (including phenoxy) is 1. The molecule has 0 spiro atoms. The van der Waals surface area contributed by atoms with Crippen molar-refractivity contribution >= 4 is 6.09 Å². The Morgan fingerprint density at radius 2 is 2.33 bits per heavy atom. The average Bonchev–Trinajstić information content (AvgIpc) is 2.15. The number of primary amides is 1. The van der Waals surface area contributed by atoms with Crippen molar-refractivity contribution in [1.29, 1.82) is 0 Å². The molecule has 0 aliphatic rings. The lowest BCUT2D eigenvalue weighted by Gasteiger charge is -2.23. The van der Waals surface area contributed by atoms with E-state index in [4.69, 9.17) is 10.5 Å². The summed E-state index contributed by atoms with van der Waals surface area (Å²) in [6, 6.07) is 3.88. The van der Waals surface area contributed by atoms with Crippen molar-refractivity contribution in [3.05, 3.63) is 30.1 Å². The van der Waals surface area contributed by atoms with Gasteiger partial charge >= 0.3 is 6.09 Å². The number of aromatic nitrogens is 1. The maximum Gasteiger partial charge on any atom is 0.405 e.